The predicted octanol–water partition coefficient (Wildman–Crippen LogP) is -0.417. The van der Waals surface area contributed by atoms with Gasteiger partial charge in [-0.2, -0.15) is 0 Å². The number of hydrogen-bond acceptors (Lipinski definition) is 3. The highest BCUT2D eigenvalue weighted by molar-refractivity contribution is 5.53. The molecule has 0 heterocycles. The first-order valence-corrected chi connectivity index (χ1v) is 2.28. The summed E-state index contributed by atoms with van der Waals surface area (Å²) in [7, 11) is 0. The minimum Gasteiger partial charge on any atom is -0.450 e. The van der Waals surface area contributed by atoms with Crippen molar-refractivity contribution in [1.82, 2.24) is 0 Å². The van der Waals surface area contributed by atoms with Crippen molar-refractivity contribution < 1.29 is 25.2 Å². The summed E-state index contributed by atoms with van der Waals surface area (Å²) in [6.45, 7) is 0.188. The lowest BCUT2D eigenvalue weighted by Gasteiger charge is -1.79. The van der Waals surface area contributed by atoms with Crippen molar-refractivity contribution in [2.45, 2.75) is 6.42 Å². The summed E-state index contributed by atoms with van der Waals surface area (Å²) in [5.74, 6) is 0. The molecule has 0 aliphatic rings. The minimum atomic E-state index is -1.83. The Bertz CT molecular complexity index is 56.0. The second-order valence-electron chi connectivity index (χ2n) is 1.08. The second kappa shape index (κ2) is 10.2. The second-order valence-corrected chi connectivity index (χ2v) is 1.08. The summed E-state index contributed by atoms with van der Waals surface area (Å²) >= 11 is 0. The largest absolute Gasteiger partial charge is 0.503 e. The fraction of sp³-hybridized carbons (Fsp3) is 0.750. The molecule has 0 rings (SSSR count). The van der Waals surface area contributed by atoms with Crippen LogP contribution in [0.5, 0.6) is 0 Å². The standard InChI is InChI=1S/C3H8O2.CH2O3/c4-2-1-3-5;2-1(3)4/h4-5H,1-3H2;(H2,2,3,4). The van der Waals surface area contributed by atoms with Crippen LogP contribution < -0.4 is 0 Å². The lowest BCUT2D eigenvalue weighted by molar-refractivity contribution is 0.137. The van der Waals surface area contributed by atoms with Gasteiger partial charge >= 0.3 is 6.16 Å². The van der Waals surface area contributed by atoms with Gasteiger partial charge in [-0.05, 0) is 6.42 Å². The van der Waals surface area contributed by atoms with Gasteiger partial charge in [-0.3, -0.25) is 0 Å². The minimum absolute atomic E-state index is 0.0938. The van der Waals surface area contributed by atoms with Gasteiger partial charge in [0.05, 0.1) is 0 Å². The fourth-order valence-electron chi connectivity index (χ4n) is 0.0707. The van der Waals surface area contributed by atoms with E-state index in [1.165, 1.54) is 0 Å². The maximum Gasteiger partial charge on any atom is 0.503 e. The highest BCUT2D eigenvalue weighted by Gasteiger charge is 1.70. The molecule has 0 aromatic carbocycles. The molecule has 0 radical (unpaired) electrons. The van der Waals surface area contributed by atoms with Gasteiger partial charge in [-0.25, -0.2) is 4.79 Å². The van der Waals surface area contributed by atoms with Crippen molar-refractivity contribution in [3.63, 3.8) is 0 Å². The molecule has 0 saturated heterocycles. The van der Waals surface area contributed by atoms with Crippen molar-refractivity contribution in [3.8, 4) is 0 Å². The summed E-state index contributed by atoms with van der Waals surface area (Å²) in [6, 6.07) is 0. The Hall–Kier alpha value is -0.810. The van der Waals surface area contributed by atoms with Crippen LogP contribution in [-0.2, 0) is 0 Å². The topological polar surface area (TPSA) is 98.0 Å². The van der Waals surface area contributed by atoms with Gasteiger partial charge in [0.1, 0.15) is 0 Å². The predicted molar refractivity (Wildman–Crippen MR) is 29.4 cm³/mol. The molecule has 0 aromatic heterocycles. The molecule has 0 amide bonds. The third-order valence-corrected chi connectivity index (χ3v) is 0.316. The van der Waals surface area contributed by atoms with Crippen molar-refractivity contribution in [1.29, 1.82) is 0 Å². The van der Waals surface area contributed by atoms with Crippen LogP contribution in [0.15, 0.2) is 0 Å². The lowest BCUT2D eigenvalue weighted by Crippen LogP contribution is -1.85. The molecule has 0 aromatic rings. The van der Waals surface area contributed by atoms with E-state index in [0.29, 0.717) is 6.42 Å². The fourth-order valence-corrected chi connectivity index (χ4v) is 0.0707. The van der Waals surface area contributed by atoms with Gasteiger partial charge in [0.25, 0.3) is 0 Å². The van der Waals surface area contributed by atoms with Crippen LogP contribution in [0.1, 0.15) is 6.42 Å². The number of carboxylic acid groups (broad SMARTS) is 2. The Labute approximate surface area is 52.2 Å². The quantitative estimate of drug-likeness (QED) is 0.415. The Morgan fingerprint density at radius 3 is 1.33 bits per heavy atom. The third-order valence-electron chi connectivity index (χ3n) is 0.316. The van der Waals surface area contributed by atoms with Gasteiger partial charge in [0.15, 0.2) is 0 Å². The normalized spacial score (nSPS) is 7.33. The van der Waals surface area contributed by atoms with Crippen molar-refractivity contribution in [2.75, 3.05) is 13.2 Å². The van der Waals surface area contributed by atoms with E-state index in [9.17, 15) is 0 Å². The molecule has 56 valence electrons. The van der Waals surface area contributed by atoms with Crippen LogP contribution in [0.3, 0.4) is 0 Å². The molecular formula is C4H10O5. The molecule has 0 aliphatic heterocycles. The van der Waals surface area contributed by atoms with Gasteiger partial charge in [0.2, 0.25) is 0 Å². The van der Waals surface area contributed by atoms with E-state index in [4.69, 9.17) is 25.2 Å². The molecule has 0 bridgehead atoms. The SMILES string of the molecule is O=C(O)O.OCCCO. The Kier molecular flexibility index (Phi) is 12.6. The van der Waals surface area contributed by atoms with Crippen LogP contribution >= 0.6 is 0 Å². The average Bonchev–Trinajstić information content (AvgIpc) is 1.66. The van der Waals surface area contributed by atoms with Crippen molar-refractivity contribution in [3.05, 3.63) is 0 Å². The highest BCUT2D eigenvalue weighted by Crippen LogP contribution is 1.65. The number of aliphatic hydroxyl groups is 2. The number of aliphatic hydroxyl groups excluding tert-OH is 2. The first kappa shape index (κ1) is 11.0. The summed E-state index contributed by atoms with van der Waals surface area (Å²) < 4.78 is 0. The van der Waals surface area contributed by atoms with E-state index in [-0.39, 0.29) is 13.2 Å². The van der Waals surface area contributed by atoms with Crippen LogP contribution in [0.25, 0.3) is 0 Å². The molecule has 0 atom stereocenters. The zero-order valence-electron chi connectivity index (χ0n) is 4.82. The zero-order chi connectivity index (χ0) is 7.70. The van der Waals surface area contributed by atoms with E-state index < -0.39 is 6.16 Å². The van der Waals surface area contributed by atoms with E-state index in [2.05, 4.69) is 0 Å². The molecule has 0 aliphatic carbocycles. The Balaban J connectivity index is 0. The number of carbonyl (C=O) groups is 1. The monoisotopic (exact) mass is 138 g/mol. The summed E-state index contributed by atoms with van der Waals surface area (Å²) in [5.41, 5.74) is 0. The zero-order valence-corrected chi connectivity index (χ0v) is 4.82. The lowest BCUT2D eigenvalue weighted by atomic mass is 10.5. The Morgan fingerprint density at radius 2 is 1.33 bits per heavy atom. The van der Waals surface area contributed by atoms with E-state index in [1.807, 2.05) is 0 Å². The summed E-state index contributed by atoms with van der Waals surface area (Å²) in [5, 5.41) is 29.8. The number of hydrogen-bond donors (Lipinski definition) is 4. The van der Waals surface area contributed by atoms with Crippen LogP contribution in [-0.4, -0.2) is 39.8 Å². The van der Waals surface area contributed by atoms with Gasteiger partial charge in [-0.15, -0.1) is 0 Å². The molecule has 0 unspecified atom stereocenters. The van der Waals surface area contributed by atoms with E-state index in [0.717, 1.165) is 0 Å². The van der Waals surface area contributed by atoms with Gasteiger partial charge in [-0.1, -0.05) is 0 Å². The van der Waals surface area contributed by atoms with Crippen LogP contribution in [0, 0.1) is 0 Å². The maximum absolute atomic E-state index is 8.56. The Morgan fingerprint density at radius 1 is 1.11 bits per heavy atom. The van der Waals surface area contributed by atoms with Gasteiger partial charge < -0.3 is 20.4 Å². The van der Waals surface area contributed by atoms with E-state index >= 15 is 0 Å². The smallest absolute Gasteiger partial charge is 0.450 e. The van der Waals surface area contributed by atoms with Crippen molar-refractivity contribution >= 4 is 6.16 Å². The molecular weight excluding hydrogens is 128 g/mol. The van der Waals surface area contributed by atoms with Crippen LogP contribution in [0.4, 0.5) is 4.79 Å². The van der Waals surface area contributed by atoms with Gasteiger partial charge in [0, 0.05) is 13.2 Å². The summed E-state index contributed by atoms with van der Waals surface area (Å²) in [6.07, 6.45) is -1.33. The molecule has 0 spiro atoms. The molecule has 0 saturated carbocycles. The van der Waals surface area contributed by atoms with Crippen molar-refractivity contribution in [2.24, 2.45) is 0 Å². The molecule has 4 N–H and O–H groups in total. The first-order chi connectivity index (χ1) is 4.15. The average molecular weight is 138 g/mol. The molecule has 9 heavy (non-hydrogen) atoms. The maximum atomic E-state index is 8.56. The highest BCUT2D eigenvalue weighted by atomic mass is 16.6. The summed E-state index contributed by atoms with van der Waals surface area (Å²) in [4.78, 5) is 8.56. The van der Waals surface area contributed by atoms with E-state index in [1.54, 1.807) is 0 Å². The third kappa shape index (κ3) is 137. The first-order valence-electron chi connectivity index (χ1n) is 2.28. The number of rotatable bonds is 2. The molecule has 5 heteroatoms. The molecule has 5 nitrogen and oxygen atoms in total. The molecule has 0 fully saturated rings. The van der Waals surface area contributed by atoms with Crippen LogP contribution in [0.2, 0.25) is 0 Å².